The van der Waals surface area contributed by atoms with Crippen molar-refractivity contribution in [2.75, 3.05) is 0 Å². The van der Waals surface area contributed by atoms with Gasteiger partial charge in [-0.25, -0.2) is 19.2 Å². The summed E-state index contributed by atoms with van der Waals surface area (Å²) in [5.74, 6) is -5.05. The quantitative estimate of drug-likeness (QED) is 0.320. The number of rotatable bonds is 4. The molecule has 0 aliphatic rings. The van der Waals surface area contributed by atoms with Crippen LogP contribution in [0.2, 0.25) is 0 Å². The Bertz CT molecular complexity index is 762. The summed E-state index contributed by atoms with van der Waals surface area (Å²) in [5.41, 5.74) is -1.25. The molecule has 9 heteroatoms. The van der Waals surface area contributed by atoms with Crippen molar-refractivity contribution in [2.45, 2.75) is 0 Å². The first-order valence-electron chi connectivity index (χ1n) is 6.33. The van der Waals surface area contributed by atoms with E-state index in [0.29, 0.717) is 0 Å². The average Bonchev–Trinajstić information content (AvgIpc) is 2.54. The molecule has 7 nitrogen and oxygen atoms in total. The number of ether oxygens (including phenoxy) is 1. The van der Waals surface area contributed by atoms with Gasteiger partial charge in [-0.2, -0.15) is 0 Å². The Morgan fingerprint density at radius 1 is 0.680 bits per heavy atom. The van der Waals surface area contributed by atoms with Gasteiger partial charge in [0.25, 0.3) is 0 Å². The molecule has 0 atom stereocenters. The maximum absolute atomic E-state index is 12.0. The largest absolute Gasteiger partial charge is 1.00 e. The van der Waals surface area contributed by atoms with Gasteiger partial charge in [-0.1, -0.05) is 24.3 Å². The Morgan fingerprint density at radius 2 is 0.960 bits per heavy atom. The van der Waals surface area contributed by atoms with Gasteiger partial charge in [0.1, 0.15) is 0 Å². The smallest absolute Gasteiger partial charge is 1.00 e. The molecular weight excluding hydrogens is 366 g/mol. The number of carbonyl (C=O) groups excluding carboxylic acids is 2. The van der Waals surface area contributed by atoms with Crippen LogP contribution in [-0.4, -0.2) is 34.1 Å². The van der Waals surface area contributed by atoms with Gasteiger partial charge in [0.2, 0.25) is 0 Å². The molecule has 0 saturated heterocycles. The summed E-state index contributed by atoms with van der Waals surface area (Å²) < 4.78 is 4.60. The van der Waals surface area contributed by atoms with E-state index in [4.69, 9.17) is 10.2 Å². The maximum atomic E-state index is 12.0. The summed E-state index contributed by atoms with van der Waals surface area (Å²) in [4.78, 5) is 46.1. The number of hydrogen-bond acceptors (Lipinski definition) is 5. The van der Waals surface area contributed by atoms with Crippen molar-refractivity contribution in [3.05, 3.63) is 70.8 Å². The Labute approximate surface area is 210 Å². The van der Waals surface area contributed by atoms with Gasteiger partial charge in [0, 0.05) is 0 Å². The number of esters is 2. The van der Waals surface area contributed by atoms with E-state index in [1.807, 2.05) is 0 Å². The fourth-order valence-corrected chi connectivity index (χ4v) is 1.89. The first-order chi connectivity index (χ1) is 10.9. The minimum absolute atomic E-state index is 0. The SMILES string of the molecule is O=C(O)c1ccccc1C(=O)OC(=O)c1ccccc1C(=O)O.[H-].[H-].[K+].[Na+]. The Kier molecular flexibility index (Phi) is 10.6. The zero-order chi connectivity index (χ0) is 17.0. The molecule has 0 aliphatic heterocycles. The van der Waals surface area contributed by atoms with Crippen LogP contribution in [0, 0.1) is 0 Å². The second kappa shape index (κ2) is 11.0. The fraction of sp³-hybridized carbons (Fsp3) is 0. The van der Waals surface area contributed by atoms with Crippen LogP contribution in [-0.2, 0) is 4.74 Å². The van der Waals surface area contributed by atoms with Crippen molar-refractivity contribution in [2.24, 2.45) is 0 Å². The van der Waals surface area contributed by atoms with E-state index >= 15 is 0 Å². The predicted molar refractivity (Wildman–Crippen MR) is 78.8 cm³/mol. The summed E-state index contributed by atoms with van der Waals surface area (Å²) in [6.07, 6.45) is 0. The van der Waals surface area contributed by atoms with Crippen LogP contribution in [0.3, 0.4) is 0 Å². The molecule has 120 valence electrons. The summed E-state index contributed by atoms with van der Waals surface area (Å²) in [6, 6.07) is 10.4. The van der Waals surface area contributed by atoms with Gasteiger partial charge < -0.3 is 17.8 Å². The molecule has 0 radical (unpaired) electrons. The van der Waals surface area contributed by atoms with Crippen LogP contribution < -0.4 is 80.9 Å². The van der Waals surface area contributed by atoms with E-state index < -0.39 is 23.9 Å². The third kappa shape index (κ3) is 6.12. The number of carboxylic acid groups (broad SMARTS) is 2. The van der Waals surface area contributed by atoms with E-state index in [1.165, 1.54) is 48.5 Å². The van der Waals surface area contributed by atoms with Crippen molar-refractivity contribution in [1.29, 1.82) is 0 Å². The fourth-order valence-electron chi connectivity index (χ4n) is 1.89. The molecule has 0 fully saturated rings. The molecule has 0 saturated carbocycles. The van der Waals surface area contributed by atoms with Crippen molar-refractivity contribution in [3.63, 3.8) is 0 Å². The third-order valence-corrected chi connectivity index (χ3v) is 2.94. The van der Waals surface area contributed by atoms with Crippen LogP contribution in [0.5, 0.6) is 0 Å². The Balaban J connectivity index is -0.00000144. The first-order valence-corrected chi connectivity index (χ1v) is 6.33. The molecule has 0 spiro atoms. The van der Waals surface area contributed by atoms with Gasteiger partial charge in [0.15, 0.2) is 0 Å². The molecule has 0 unspecified atom stereocenters. The van der Waals surface area contributed by atoms with Crippen molar-refractivity contribution in [1.82, 2.24) is 0 Å². The van der Waals surface area contributed by atoms with E-state index in [-0.39, 0.29) is 106 Å². The Morgan fingerprint density at radius 3 is 1.24 bits per heavy atom. The van der Waals surface area contributed by atoms with Gasteiger partial charge in [-0.3, -0.25) is 0 Å². The maximum Gasteiger partial charge on any atom is 1.00 e. The molecule has 2 aromatic carbocycles. The minimum Gasteiger partial charge on any atom is -1.00 e. The van der Waals surface area contributed by atoms with E-state index in [2.05, 4.69) is 4.74 Å². The molecule has 0 aromatic heterocycles. The number of hydrogen-bond donors (Lipinski definition) is 2. The second-order valence-corrected chi connectivity index (χ2v) is 4.38. The first kappa shape index (κ1) is 24.2. The van der Waals surface area contributed by atoms with Crippen LogP contribution >= 0.6 is 0 Å². The average molecular weight is 378 g/mol. The monoisotopic (exact) mass is 378 g/mol. The molecule has 0 aliphatic carbocycles. The number of benzene rings is 2. The van der Waals surface area contributed by atoms with E-state index in [0.717, 1.165) is 0 Å². The Hall–Kier alpha value is -0.844. The van der Waals surface area contributed by atoms with Crippen molar-refractivity contribution in [3.8, 4) is 0 Å². The molecule has 0 amide bonds. The number of carboxylic acids is 2. The number of carbonyl (C=O) groups is 4. The molecule has 25 heavy (non-hydrogen) atoms. The molecule has 2 aromatic rings. The summed E-state index contributed by atoms with van der Waals surface area (Å²) >= 11 is 0. The minimum atomic E-state index is -1.35. The third-order valence-electron chi connectivity index (χ3n) is 2.94. The van der Waals surface area contributed by atoms with Gasteiger partial charge >= 0.3 is 105 Å². The van der Waals surface area contributed by atoms with Crippen LogP contribution in [0.25, 0.3) is 0 Å². The predicted octanol–water partition coefficient (Wildman–Crippen LogP) is -3.69. The van der Waals surface area contributed by atoms with Crippen LogP contribution in [0.4, 0.5) is 0 Å². The molecule has 2 rings (SSSR count). The zero-order valence-corrected chi connectivity index (χ0v) is 18.7. The van der Waals surface area contributed by atoms with Gasteiger partial charge in [0.05, 0.1) is 22.3 Å². The molecule has 0 bridgehead atoms. The van der Waals surface area contributed by atoms with E-state index in [1.54, 1.807) is 0 Å². The normalized spacial score (nSPS) is 9.12. The summed E-state index contributed by atoms with van der Waals surface area (Å²) in [5, 5.41) is 18.0. The van der Waals surface area contributed by atoms with Crippen molar-refractivity contribution >= 4 is 23.9 Å². The summed E-state index contributed by atoms with van der Waals surface area (Å²) in [6.45, 7) is 0. The van der Waals surface area contributed by atoms with Gasteiger partial charge in [-0.05, 0) is 24.3 Å². The zero-order valence-electron chi connectivity index (χ0n) is 15.6. The topological polar surface area (TPSA) is 118 Å². The summed E-state index contributed by atoms with van der Waals surface area (Å²) in [7, 11) is 0. The molecular formula is C16H12KNaO7. The van der Waals surface area contributed by atoms with E-state index in [9.17, 15) is 19.2 Å². The van der Waals surface area contributed by atoms with Crippen LogP contribution in [0.1, 0.15) is 44.3 Å². The molecule has 2 N–H and O–H groups in total. The standard InChI is InChI=1S/C16H10O7.K.Na.2H/c17-13(18)9-5-1-3-7-11(9)15(21)23-16(22)12-8-4-2-6-10(12)14(19)20;;;;/h1-8H,(H,17,18)(H,19,20);;;;/q;2*+1;2*-1. The van der Waals surface area contributed by atoms with Crippen molar-refractivity contribution < 1.29 is 118 Å². The second-order valence-electron chi connectivity index (χ2n) is 4.38. The molecule has 0 heterocycles. The van der Waals surface area contributed by atoms with Gasteiger partial charge in [-0.15, -0.1) is 0 Å². The number of aromatic carboxylic acids is 2. The van der Waals surface area contributed by atoms with Crippen LogP contribution in [0.15, 0.2) is 48.5 Å².